The maximum absolute atomic E-state index is 8.62. The Hall–Kier alpha value is -1.30. The van der Waals surface area contributed by atoms with Gasteiger partial charge >= 0.3 is 0 Å². The fraction of sp³-hybridized carbons (Fsp3) is 0.500. The van der Waals surface area contributed by atoms with Gasteiger partial charge < -0.3 is 10.0 Å². The maximum Gasteiger partial charge on any atom is 0.104 e. The van der Waals surface area contributed by atoms with Crippen LogP contribution in [0.1, 0.15) is 31.4 Å². The highest BCUT2D eigenvalue weighted by atomic mass is 16.2. The molecule has 0 aromatic heterocycles. The summed E-state index contributed by atoms with van der Waals surface area (Å²) in [5.74, 6) is 6.31. The average Bonchev–Trinajstić information content (AvgIpc) is 2.35. The number of hydrogen-bond donors (Lipinski definition) is 1. The summed E-state index contributed by atoms with van der Waals surface area (Å²) in [6.07, 6.45) is 1.23. The normalized spacial score (nSPS) is 10.6. The van der Waals surface area contributed by atoms with Gasteiger partial charge in [0.2, 0.25) is 0 Å². The summed E-state index contributed by atoms with van der Waals surface area (Å²) >= 11 is 0. The van der Waals surface area contributed by atoms with Crippen molar-refractivity contribution in [3.63, 3.8) is 0 Å². The van der Waals surface area contributed by atoms with E-state index >= 15 is 0 Å². The van der Waals surface area contributed by atoms with Crippen LogP contribution < -0.4 is 0 Å². The van der Waals surface area contributed by atoms with E-state index in [0.29, 0.717) is 0 Å². The lowest BCUT2D eigenvalue weighted by Crippen LogP contribution is -2.20. The summed E-state index contributed by atoms with van der Waals surface area (Å²) < 4.78 is 0. The third kappa shape index (κ3) is 5.86. The van der Waals surface area contributed by atoms with Crippen molar-refractivity contribution in [3.8, 4) is 11.8 Å². The van der Waals surface area contributed by atoms with Crippen molar-refractivity contribution >= 4 is 0 Å². The molecule has 0 bridgehead atoms. The van der Waals surface area contributed by atoms with Crippen LogP contribution >= 0.6 is 0 Å². The third-order valence-corrected chi connectivity index (χ3v) is 2.81. The van der Waals surface area contributed by atoms with Gasteiger partial charge in [0.25, 0.3) is 0 Å². The van der Waals surface area contributed by atoms with Crippen molar-refractivity contribution in [3.05, 3.63) is 35.4 Å². The monoisotopic (exact) mass is 245 g/mol. The van der Waals surface area contributed by atoms with Gasteiger partial charge in [-0.3, -0.25) is 0 Å². The van der Waals surface area contributed by atoms with E-state index in [4.69, 9.17) is 5.11 Å². The first-order valence-corrected chi connectivity index (χ1v) is 6.49. The Balaban J connectivity index is 2.47. The molecule has 0 heterocycles. The van der Waals surface area contributed by atoms with Gasteiger partial charge in [-0.15, -0.1) is 0 Å². The highest BCUT2D eigenvalue weighted by Gasteiger charge is 2.01. The van der Waals surface area contributed by atoms with Crippen LogP contribution in [0.25, 0.3) is 0 Å². The second kappa shape index (κ2) is 7.92. The molecule has 0 radical (unpaired) electrons. The molecule has 1 aromatic carbocycles. The van der Waals surface area contributed by atoms with Gasteiger partial charge in [0.15, 0.2) is 0 Å². The van der Waals surface area contributed by atoms with Crippen molar-refractivity contribution < 1.29 is 5.11 Å². The van der Waals surface area contributed by atoms with E-state index in [2.05, 4.69) is 49.8 Å². The molecule has 0 aliphatic heterocycles. The molecule has 2 nitrogen and oxygen atoms in total. The van der Waals surface area contributed by atoms with Crippen molar-refractivity contribution in [2.24, 2.45) is 5.92 Å². The molecule has 0 atom stereocenters. The molecule has 2 heteroatoms. The molecule has 0 unspecified atom stereocenters. The molecule has 1 N–H and O–H groups in total. The molecule has 0 spiro atoms. The molecular weight excluding hydrogens is 222 g/mol. The number of benzene rings is 1. The summed E-state index contributed by atoms with van der Waals surface area (Å²) in [4.78, 5) is 2.34. The summed E-state index contributed by atoms with van der Waals surface area (Å²) in [6, 6.07) is 8.23. The first kappa shape index (κ1) is 14.8. The Bertz CT molecular complexity index is 397. The molecule has 1 rings (SSSR count). The lowest BCUT2D eigenvalue weighted by Gasteiger charge is -2.17. The van der Waals surface area contributed by atoms with Gasteiger partial charge in [-0.1, -0.05) is 37.8 Å². The SMILES string of the molecule is CC(C)CCN(C)Cc1ccc(C#CCO)cc1. The van der Waals surface area contributed by atoms with E-state index in [-0.39, 0.29) is 6.61 Å². The van der Waals surface area contributed by atoms with Gasteiger partial charge in [0, 0.05) is 12.1 Å². The number of aliphatic hydroxyl groups excluding tert-OH is 1. The largest absolute Gasteiger partial charge is 0.384 e. The smallest absolute Gasteiger partial charge is 0.104 e. The predicted octanol–water partition coefficient (Wildman–Crippen LogP) is 2.51. The van der Waals surface area contributed by atoms with Gasteiger partial charge in [-0.05, 0) is 43.6 Å². The second-order valence-corrected chi connectivity index (χ2v) is 5.08. The maximum atomic E-state index is 8.62. The summed E-state index contributed by atoms with van der Waals surface area (Å²) in [5.41, 5.74) is 2.26. The number of aliphatic hydroxyl groups is 1. The molecular formula is C16H23NO. The third-order valence-electron chi connectivity index (χ3n) is 2.81. The highest BCUT2D eigenvalue weighted by molar-refractivity contribution is 5.36. The van der Waals surface area contributed by atoms with Crippen molar-refractivity contribution in [1.82, 2.24) is 4.90 Å². The predicted molar refractivity (Wildman–Crippen MR) is 76.2 cm³/mol. The van der Waals surface area contributed by atoms with E-state index in [1.807, 2.05) is 12.1 Å². The molecule has 0 saturated carbocycles. The van der Waals surface area contributed by atoms with Crippen molar-refractivity contribution in [1.29, 1.82) is 0 Å². The topological polar surface area (TPSA) is 23.5 Å². The molecule has 0 aliphatic carbocycles. The Labute approximate surface area is 111 Å². The minimum Gasteiger partial charge on any atom is -0.384 e. The first-order chi connectivity index (χ1) is 8.61. The minimum absolute atomic E-state index is 0.0836. The van der Waals surface area contributed by atoms with Crippen LogP contribution in [0, 0.1) is 17.8 Å². The van der Waals surface area contributed by atoms with Gasteiger partial charge in [0.1, 0.15) is 6.61 Å². The summed E-state index contributed by atoms with van der Waals surface area (Å²) in [5, 5.41) is 8.62. The zero-order valence-corrected chi connectivity index (χ0v) is 11.6. The Morgan fingerprint density at radius 1 is 1.22 bits per heavy atom. The average molecular weight is 245 g/mol. The lowest BCUT2D eigenvalue weighted by molar-refractivity contribution is 0.303. The first-order valence-electron chi connectivity index (χ1n) is 6.49. The molecule has 0 aliphatic rings. The van der Waals surface area contributed by atoms with Crippen molar-refractivity contribution in [2.75, 3.05) is 20.2 Å². The fourth-order valence-electron chi connectivity index (χ4n) is 1.70. The molecule has 0 amide bonds. The second-order valence-electron chi connectivity index (χ2n) is 5.08. The highest BCUT2D eigenvalue weighted by Crippen LogP contribution is 2.08. The Morgan fingerprint density at radius 3 is 2.44 bits per heavy atom. The molecule has 98 valence electrons. The van der Waals surface area contributed by atoms with Crippen LogP contribution in [-0.2, 0) is 6.54 Å². The van der Waals surface area contributed by atoms with E-state index in [9.17, 15) is 0 Å². The minimum atomic E-state index is -0.0836. The number of nitrogens with zero attached hydrogens (tertiary/aromatic N) is 1. The Kier molecular flexibility index (Phi) is 6.49. The standard InChI is InChI=1S/C16H23NO/c1-14(2)10-11-17(3)13-16-8-6-15(7-9-16)5-4-12-18/h6-9,14,18H,10-13H2,1-3H3. The summed E-state index contributed by atoms with van der Waals surface area (Å²) in [7, 11) is 2.15. The Morgan fingerprint density at radius 2 is 1.89 bits per heavy atom. The zero-order chi connectivity index (χ0) is 13.4. The van der Waals surface area contributed by atoms with Crippen molar-refractivity contribution in [2.45, 2.75) is 26.8 Å². The fourth-order valence-corrected chi connectivity index (χ4v) is 1.70. The summed E-state index contributed by atoms with van der Waals surface area (Å²) in [6.45, 7) is 6.52. The van der Waals surface area contributed by atoms with E-state index < -0.39 is 0 Å². The van der Waals surface area contributed by atoms with Gasteiger partial charge in [-0.2, -0.15) is 0 Å². The number of hydrogen-bond acceptors (Lipinski definition) is 2. The van der Waals surface area contributed by atoms with E-state index in [1.54, 1.807) is 0 Å². The molecule has 18 heavy (non-hydrogen) atoms. The van der Waals surface area contributed by atoms with E-state index in [1.165, 1.54) is 12.0 Å². The quantitative estimate of drug-likeness (QED) is 0.806. The molecule has 0 saturated heterocycles. The van der Waals surface area contributed by atoms with Gasteiger partial charge in [0.05, 0.1) is 0 Å². The van der Waals surface area contributed by atoms with Gasteiger partial charge in [-0.25, -0.2) is 0 Å². The van der Waals surface area contributed by atoms with Crippen LogP contribution in [-0.4, -0.2) is 30.2 Å². The van der Waals surface area contributed by atoms with Crippen LogP contribution in [0.15, 0.2) is 24.3 Å². The number of rotatable bonds is 5. The zero-order valence-electron chi connectivity index (χ0n) is 11.6. The van der Waals surface area contributed by atoms with Crippen LogP contribution in [0.5, 0.6) is 0 Å². The molecule has 0 fully saturated rings. The van der Waals surface area contributed by atoms with Crippen LogP contribution in [0.3, 0.4) is 0 Å². The van der Waals surface area contributed by atoms with E-state index in [0.717, 1.165) is 24.6 Å². The lowest BCUT2D eigenvalue weighted by atomic mass is 10.1. The van der Waals surface area contributed by atoms with Crippen LogP contribution in [0.4, 0.5) is 0 Å². The molecule has 1 aromatic rings. The van der Waals surface area contributed by atoms with Crippen LogP contribution in [0.2, 0.25) is 0 Å².